The average Bonchev–Trinajstić information content (AvgIpc) is 3.62. The Hall–Kier alpha value is -3.76. The van der Waals surface area contributed by atoms with Crippen molar-refractivity contribution >= 4 is 23.2 Å². The van der Waals surface area contributed by atoms with Crippen LogP contribution in [0.1, 0.15) is 39.3 Å². The molecular formula is C26H29N5O5. The molecule has 1 aromatic carbocycles. The second kappa shape index (κ2) is 10.9. The molecule has 2 aliphatic heterocycles. The van der Waals surface area contributed by atoms with E-state index in [0.29, 0.717) is 36.7 Å². The summed E-state index contributed by atoms with van der Waals surface area (Å²) in [5, 5.41) is 9.85. The van der Waals surface area contributed by atoms with Crippen molar-refractivity contribution in [2.45, 2.75) is 25.9 Å². The van der Waals surface area contributed by atoms with E-state index >= 15 is 0 Å². The largest absolute Gasteiger partial charge is 0.378 e. The van der Waals surface area contributed by atoms with Crippen LogP contribution in [0.2, 0.25) is 0 Å². The molecule has 0 aliphatic carbocycles. The number of carbonyl (C=O) groups excluding carboxylic acids is 2. The lowest BCUT2D eigenvalue weighted by atomic mass is 10.0. The summed E-state index contributed by atoms with van der Waals surface area (Å²) in [6.07, 6.45) is 5.30. The number of nitrogens with one attached hydrogen (secondary N) is 2. The summed E-state index contributed by atoms with van der Waals surface area (Å²) in [4.78, 5) is 31.8. The highest BCUT2D eigenvalue weighted by atomic mass is 16.5. The Labute approximate surface area is 209 Å². The lowest BCUT2D eigenvalue weighted by Gasteiger charge is -2.28. The molecule has 5 rings (SSSR count). The quantitative estimate of drug-likeness (QED) is 0.518. The summed E-state index contributed by atoms with van der Waals surface area (Å²) >= 11 is 0. The predicted molar refractivity (Wildman–Crippen MR) is 133 cm³/mol. The summed E-state index contributed by atoms with van der Waals surface area (Å²) in [5.74, 6) is -0.469. The van der Waals surface area contributed by atoms with Crippen molar-refractivity contribution in [1.82, 2.24) is 15.5 Å². The first kappa shape index (κ1) is 24.0. The summed E-state index contributed by atoms with van der Waals surface area (Å²) < 4.78 is 16.2. The first-order valence-corrected chi connectivity index (χ1v) is 12.1. The molecule has 2 amide bonds. The van der Waals surface area contributed by atoms with Gasteiger partial charge in [-0.25, -0.2) is 0 Å². The van der Waals surface area contributed by atoms with Gasteiger partial charge in [0.1, 0.15) is 5.69 Å². The maximum absolute atomic E-state index is 13.0. The third kappa shape index (κ3) is 5.55. The van der Waals surface area contributed by atoms with E-state index in [9.17, 15) is 9.59 Å². The van der Waals surface area contributed by atoms with E-state index < -0.39 is 0 Å². The Balaban J connectivity index is 1.27. The van der Waals surface area contributed by atoms with Crippen LogP contribution < -0.4 is 15.5 Å². The number of aryl methyl sites for hydroxylation is 1. The molecule has 4 heterocycles. The van der Waals surface area contributed by atoms with E-state index in [2.05, 4.69) is 25.7 Å². The highest BCUT2D eigenvalue weighted by Crippen LogP contribution is 2.27. The van der Waals surface area contributed by atoms with Crippen molar-refractivity contribution in [3.8, 4) is 11.3 Å². The van der Waals surface area contributed by atoms with Crippen LogP contribution in [-0.4, -0.2) is 67.5 Å². The summed E-state index contributed by atoms with van der Waals surface area (Å²) in [6, 6.07) is 8.97. The van der Waals surface area contributed by atoms with Crippen molar-refractivity contribution in [2.24, 2.45) is 0 Å². The number of pyridine rings is 1. The number of amides is 2. The number of nitrogens with zero attached hydrogens (tertiary/aromatic N) is 3. The van der Waals surface area contributed by atoms with Crippen LogP contribution in [0.5, 0.6) is 0 Å². The van der Waals surface area contributed by atoms with Crippen LogP contribution in [-0.2, 0) is 9.47 Å². The van der Waals surface area contributed by atoms with Gasteiger partial charge in [0.15, 0.2) is 0 Å². The smallest absolute Gasteiger partial charge is 0.290 e. The van der Waals surface area contributed by atoms with Crippen molar-refractivity contribution in [3.63, 3.8) is 0 Å². The number of morpholine rings is 1. The number of rotatable bonds is 7. The van der Waals surface area contributed by atoms with E-state index in [-0.39, 0.29) is 23.7 Å². The number of aromatic nitrogens is 2. The zero-order valence-corrected chi connectivity index (χ0v) is 20.2. The van der Waals surface area contributed by atoms with Gasteiger partial charge in [0, 0.05) is 49.8 Å². The molecule has 0 saturated carbocycles. The number of carbonyl (C=O) groups is 2. The van der Waals surface area contributed by atoms with Gasteiger partial charge in [-0.15, -0.1) is 0 Å². The second-order valence-electron chi connectivity index (χ2n) is 8.94. The second-order valence-corrected chi connectivity index (χ2v) is 8.94. The minimum absolute atomic E-state index is 0.0450. The van der Waals surface area contributed by atoms with E-state index in [1.807, 2.05) is 31.2 Å². The van der Waals surface area contributed by atoms with E-state index in [0.717, 1.165) is 49.4 Å². The van der Waals surface area contributed by atoms with Gasteiger partial charge in [0.25, 0.3) is 11.8 Å². The van der Waals surface area contributed by atoms with Crippen molar-refractivity contribution in [1.29, 1.82) is 0 Å². The molecule has 36 heavy (non-hydrogen) atoms. The predicted octanol–water partition coefficient (Wildman–Crippen LogP) is 3.04. The Kier molecular flexibility index (Phi) is 7.24. The van der Waals surface area contributed by atoms with Crippen LogP contribution in [0.15, 0.2) is 47.2 Å². The topological polar surface area (TPSA) is 119 Å². The zero-order valence-electron chi connectivity index (χ0n) is 20.2. The molecule has 3 aromatic rings. The first-order chi connectivity index (χ1) is 17.6. The minimum atomic E-state index is -0.334. The van der Waals surface area contributed by atoms with Crippen LogP contribution in [0.25, 0.3) is 11.3 Å². The number of benzene rings is 1. The molecule has 0 bridgehead atoms. The zero-order chi connectivity index (χ0) is 24.9. The van der Waals surface area contributed by atoms with Crippen LogP contribution in [0.4, 0.5) is 11.4 Å². The van der Waals surface area contributed by atoms with Crippen LogP contribution in [0.3, 0.4) is 0 Å². The van der Waals surface area contributed by atoms with Gasteiger partial charge in [-0.1, -0.05) is 11.2 Å². The monoisotopic (exact) mass is 491 g/mol. The third-order valence-electron chi connectivity index (χ3n) is 6.38. The number of anilines is 2. The summed E-state index contributed by atoms with van der Waals surface area (Å²) in [7, 11) is 0. The molecule has 10 nitrogen and oxygen atoms in total. The third-order valence-corrected chi connectivity index (χ3v) is 6.38. The van der Waals surface area contributed by atoms with Crippen molar-refractivity contribution in [2.75, 3.05) is 49.7 Å². The lowest BCUT2D eigenvalue weighted by Crippen LogP contribution is -2.36. The Morgan fingerprint density at radius 1 is 1.08 bits per heavy atom. The fourth-order valence-electron chi connectivity index (χ4n) is 4.33. The average molecular weight is 492 g/mol. The molecule has 2 aromatic heterocycles. The molecule has 0 radical (unpaired) electrons. The molecule has 2 N–H and O–H groups in total. The van der Waals surface area contributed by atoms with Gasteiger partial charge in [0.2, 0.25) is 5.76 Å². The van der Waals surface area contributed by atoms with Gasteiger partial charge < -0.3 is 29.5 Å². The Bertz CT molecular complexity index is 1230. The highest BCUT2D eigenvalue weighted by Gasteiger charge is 2.20. The highest BCUT2D eigenvalue weighted by molar-refractivity contribution is 6.05. The first-order valence-electron chi connectivity index (χ1n) is 12.1. The standard InChI is InChI=1S/C26H29N5O5/c1-17-4-5-19(29-25(32)18-11-20(15-27-14-18)31-6-9-34-10-7-31)12-22(17)23-13-24(36-30-23)26(33)28-16-21-3-2-8-35-21/h4-5,11-15,21H,2-3,6-10,16H2,1H3,(H,28,33)(H,29,32). The normalized spacial score (nSPS) is 17.7. The molecule has 2 fully saturated rings. The van der Waals surface area contributed by atoms with Gasteiger partial charge >= 0.3 is 0 Å². The maximum Gasteiger partial charge on any atom is 0.290 e. The lowest BCUT2D eigenvalue weighted by molar-refractivity contribution is 0.0827. The van der Waals surface area contributed by atoms with Gasteiger partial charge in [-0.3, -0.25) is 14.6 Å². The molecule has 2 aliphatic rings. The number of ether oxygens (including phenoxy) is 2. The minimum Gasteiger partial charge on any atom is -0.378 e. The summed E-state index contributed by atoms with van der Waals surface area (Å²) in [5.41, 5.74) is 4.17. The molecule has 0 spiro atoms. The molecule has 1 unspecified atom stereocenters. The van der Waals surface area contributed by atoms with Gasteiger partial charge in [0.05, 0.1) is 36.8 Å². The number of hydrogen-bond donors (Lipinski definition) is 2. The van der Waals surface area contributed by atoms with Gasteiger partial charge in [-0.2, -0.15) is 0 Å². The molecular weight excluding hydrogens is 462 g/mol. The van der Waals surface area contributed by atoms with Crippen LogP contribution >= 0.6 is 0 Å². The molecule has 2 saturated heterocycles. The maximum atomic E-state index is 13.0. The fraction of sp³-hybridized carbons (Fsp3) is 0.385. The van der Waals surface area contributed by atoms with Crippen LogP contribution in [0, 0.1) is 6.92 Å². The Morgan fingerprint density at radius 3 is 2.75 bits per heavy atom. The van der Waals surface area contributed by atoms with E-state index in [1.165, 1.54) is 0 Å². The van der Waals surface area contributed by atoms with Gasteiger partial charge in [-0.05, 0) is 43.5 Å². The number of hydrogen-bond acceptors (Lipinski definition) is 8. The van der Waals surface area contributed by atoms with E-state index in [4.69, 9.17) is 14.0 Å². The fourth-order valence-corrected chi connectivity index (χ4v) is 4.33. The SMILES string of the molecule is Cc1ccc(NC(=O)c2cncc(N3CCOCC3)c2)cc1-c1cc(C(=O)NCC2CCCO2)on1. The Morgan fingerprint density at radius 2 is 1.94 bits per heavy atom. The molecule has 188 valence electrons. The van der Waals surface area contributed by atoms with Crippen molar-refractivity contribution < 1.29 is 23.6 Å². The summed E-state index contributed by atoms with van der Waals surface area (Å²) in [6.45, 7) is 5.95. The molecule has 1 atom stereocenters. The molecule has 10 heteroatoms. The van der Waals surface area contributed by atoms with Crippen molar-refractivity contribution in [3.05, 3.63) is 59.6 Å². The van der Waals surface area contributed by atoms with E-state index in [1.54, 1.807) is 18.5 Å².